The molecule has 35 heavy (non-hydrogen) atoms. The van der Waals surface area contributed by atoms with E-state index in [9.17, 15) is 9.59 Å². The smallest absolute Gasteiger partial charge is 0.411 e. The van der Waals surface area contributed by atoms with Gasteiger partial charge in [0.25, 0.3) is 0 Å². The number of hydrogen-bond acceptors (Lipinski definition) is 4. The Morgan fingerprint density at radius 3 is 1.34 bits per heavy atom. The summed E-state index contributed by atoms with van der Waals surface area (Å²) in [4.78, 5) is 24.2. The number of amides is 2. The SMILES string of the molecule is O=C(Nc1ccc(Cc2ccc(NC(=O)OCC3CCCCC3)cc2)cc1)OCC1CCCCC1. The molecule has 0 aromatic heterocycles. The van der Waals surface area contributed by atoms with Crippen molar-refractivity contribution in [3.63, 3.8) is 0 Å². The molecule has 2 fully saturated rings. The lowest BCUT2D eigenvalue weighted by atomic mass is 9.90. The molecule has 6 nitrogen and oxygen atoms in total. The summed E-state index contributed by atoms with van der Waals surface area (Å²) >= 11 is 0. The van der Waals surface area contributed by atoms with Crippen molar-refractivity contribution in [3.05, 3.63) is 59.7 Å². The van der Waals surface area contributed by atoms with Crippen molar-refractivity contribution in [2.45, 2.75) is 70.6 Å². The van der Waals surface area contributed by atoms with Crippen LogP contribution in [0.15, 0.2) is 48.5 Å². The van der Waals surface area contributed by atoms with Crippen LogP contribution in [0.25, 0.3) is 0 Å². The van der Waals surface area contributed by atoms with E-state index in [-0.39, 0.29) is 12.2 Å². The zero-order chi connectivity index (χ0) is 24.3. The molecule has 0 aliphatic heterocycles. The molecule has 2 saturated carbocycles. The van der Waals surface area contributed by atoms with E-state index in [0.717, 1.165) is 54.6 Å². The molecule has 0 saturated heterocycles. The van der Waals surface area contributed by atoms with Crippen LogP contribution in [0.5, 0.6) is 0 Å². The second-order valence-corrected chi connectivity index (χ2v) is 10.0. The van der Waals surface area contributed by atoms with Gasteiger partial charge in [0.05, 0.1) is 13.2 Å². The molecule has 2 aliphatic rings. The van der Waals surface area contributed by atoms with Crippen molar-refractivity contribution >= 4 is 23.6 Å². The van der Waals surface area contributed by atoms with Crippen LogP contribution in [-0.2, 0) is 15.9 Å². The fraction of sp³-hybridized carbons (Fsp3) is 0.517. The Hall–Kier alpha value is -3.02. The third-order valence-electron chi connectivity index (χ3n) is 7.16. The van der Waals surface area contributed by atoms with Gasteiger partial charge < -0.3 is 9.47 Å². The van der Waals surface area contributed by atoms with Gasteiger partial charge in [0, 0.05) is 11.4 Å². The molecule has 0 radical (unpaired) electrons. The molecule has 0 atom stereocenters. The van der Waals surface area contributed by atoms with E-state index in [0.29, 0.717) is 25.0 Å². The van der Waals surface area contributed by atoms with Crippen LogP contribution in [-0.4, -0.2) is 25.4 Å². The van der Waals surface area contributed by atoms with E-state index in [1.807, 2.05) is 48.5 Å². The highest BCUT2D eigenvalue weighted by Gasteiger charge is 2.16. The topological polar surface area (TPSA) is 76.7 Å². The average molecular weight is 479 g/mol. The first-order valence-electron chi connectivity index (χ1n) is 13.2. The quantitative estimate of drug-likeness (QED) is 0.411. The summed E-state index contributed by atoms with van der Waals surface area (Å²) in [6.07, 6.45) is 12.2. The molecular formula is C29H38N2O4. The van der Waals surface area contributed by atoms with E-state index in [2.05, 4.69) is 10.6 Å². The van der Waals surface area contributed by atoms with Gasteiger partial charge in [0.2, 0.25) is 0 Å². The molecule has 2 aliphatic carbocycles. The van der Waals surface area contributed by atoms with Crippen molar-refractivity contribution in [1.29, 1.82) is 0 Å². The van der Waals surface area contributed by atoms with Crippen molar-refractivity contribution in [3.8, 4) is 0 Å². The lowest BCUT2D eigenvalue weighted by Crippen LogP contribution is -2.20. The lowest BCUT2D eigenvalue weighted by Gasteiger charge is -2.21. The minimum Gasteiger partial charge on any atom is -0.449 e. The van der Waals surface area contributed by atoms with Gasteiger partial charge in [0.1, 0.15) is 0 Å². The van der Waals surface area contributed by atoms with Crippen LogP contribution in [0.3, 0.4) is 0 Å². The Bertz CT molecular complexity index is 853. The Labute approximate surface area is 208 Å². The molecule has 0 unspecified atom stereocenters. The van der Waals surface area contributed by atoms with Crippen LogP contribution in [0.1, 0.15) is 75.3 Å². The molecule has 6 heteroatoms. The first kappa shape index (κ1) is 25.1. The molecule has 188 valence electrons. The van der Waals surface area contributed by atoms with Gasteiger partial charge in [-0.25, -0.2) is 9.59 Å². The third-order valence-corrected chi connectivity index (χ3v) is 7.16. The number of carbonyl (C=O) groups excluding carboxylic acids is 2. The molecule has 0 heterocycles. The first-order chi connectivity index (χ1) is 17.1. The number of anilines is 2. The van der Waals surface area contributed by atoms with Gasteiger partial charge in [-0.3, -0.25) is 10.6 Å². The summed E-state index contributed by atoms with van der Waals surface area (Å²) in [6, 6.07) is 15.6. The number of nitrogens with one attached hydrogen (secondary N) is 2. The van der Waals surface area contributed by atoms with Gasteiger partial charge in [-0.2, -0.15) is 0 Å². The van der Waals surface area contributed by atoms with Crippen molar-refractivity contribution < 1.29 is 19.1 Å². The average Bonchev–Trinajstić information content (AvgIpc) is 2.90. The van der Waals surface area contributed by atoms with Gasteiger partial charge >= 0.3 is 12.2 Å². The number of ether oxygens (including phenoxy) is 2. The highest BCUT2D eigenvalue weighted by molar-refractivity contribution is 5.85. The molecule has 4 rings (SSSR count). The zero-order valence-corrected chi connectivity index (χ0v) is 20.6. The Morgan fingerprint density at radius 2 is 0.971 bits per heavy atom. The maximum atomic E-state index is 12.1. The van der Waals surface area contributed by atoms with Gasteiger partial charge in [0.15, 0.2) is 0 Å². The fourth-order valence-electron chi connectivity index (χ4n) is 5.05. The monoisotopic (exact) mass is 478 g/mol. The van der Waals surface area contributed by atoms with E-state index in [1.54, 1.807) is 0 Å². The van der Waals surface area contributed by atoms with Gasteiger partial charge in [-0.1, -0.05) is 62.8 Å². The normalized spacial score (nSPS) is 16.9. The third kappa shape index (κ3) is 8.61. The first-order valence-corrected chi connectivity index (χ1v) is 13.2. The molecule has 0 spiro atoms. The maximum absolute atomic E-state index is 12.1. The highest BCUT2D eigenvalue weighted by Crippen LogP contribution is 2.25. The Morgan fingerprint density at radius 1 is 0.600 bits per heavy atom. The maximum Gasteiger partial charge on any atom is 0.411 e. The molecule has 2 N–H and O–H groups in total. The Kier molecular flexibility index (Phi) is 9.44. The minimum absolute atomic E-state index is 0.385. The van der Waals surface area contributed by atoms with E-state index >= 15 is 0 Å². The largest absolute Gasteiger partial charge is 0.449 e. The van der Waals surface area contributed by atoms with Crippen LogP contribution < -0.4 is 10.6 Å². The van der Waals surface area contributed by atoms with E-state index in [4.69, 9.17) is 9.47 Å². The number of benzene rings is 2. The van der Waals surface area contributed by atoms with Gasteiger partial charge in [-0.15, -0.1) is 0 Å². The molecular weight excluding hydrogens is 440 g/mol. The molecule has 2 aromatic carbocycles. The Balaban J connectivity index is 1.17. The van der Waals surface area contributed by atoms with Crippen LogP contribution in [0, 0.1) is 11.8 Å². The zero-order valence-electron chi connectivity index (χ0n) is 20.6. The second-order valence-electron chi connectivity index (χ2n) is 10.0. The number of rotatable bonds is 8. The summed E-state index contributed by atoms with van der Waals surface area (Å²) in [5.41, 5.74) is 3.74. The molecule has 2 amide bonds. The van der Waals surface area contributed by atoms with E-state index < -0.39 is 0 Å². The van der Waals surface area contributed by atoms with Crippen molar-refractivity contribution in [2.24, 2.45) is 11.8 Å². The van der Waals surface area contributed by atoms with Crippen LogP contribution in [0.4, 0.5) is 21.0 Å². The summed E-state index contributed by atoms with van der Waals surface area (Å²) in [7, 11) is 0. The summed E-state index contributed by atoms with van der Waals surface area (Å²) < 4.78 is 10.8. The van der Waals surface area contributed by atoms with Gasteiger partial charge in [-0.05, 0) is 79.3 Å². The van der Waals surface area contributed by atoms with Crippen molar-refractivity contribution in [1.82, 2.24) is 0 Å². The minimum atomic E-state index is -0.385. The van der Waals surface area contributed by atoms with Crippen molar-refractivity contribution in [2.75, 3.05) is 23.8 Å². The summed E-state index contributed by atoms with van der Waals surface area (Å²) in [5, 5.41) is 5.63. The summed E-state index contributed by atoms with van der Waals surface area (Å²) in [5.74, 6) is 1.01. The molecule has 2 aromatic rings. The lowest BCUT2D eigenvalue weighted by molar-refractivity contribution is 0.128. The predicted octanol–water partition coefficient (Wildman–Crippen LogP) is 7.54. The second kappa shape index (κ2) is 13.2. The van der Waals surface area contributed by atoms with Crippen LogP contribution in [0.2, 0.25) is 0 Å². The number of carbonyl (C=O) groups is 2. The van der Waals surface area contributed by atoms with E-state index in [1.165, 1.54) is 38.5 Å². The highest BCUT2D eigenvalue weighted by atomic mass is 16.6. The molecule has 0 bridgehead atoms. The van der Waals surface area contributed by atoms with Crippen LogP contribution >= 0.6 is 0 Å². The number of hydrogen-bond donors (Lipinski definition) is 2. The predicted molar refractivity (Wildman–Crippen MR) is 139 cm³/mol. The standard InChI is InChI=1S/C29H38N2O4/c32-28(34-20-24-7-3-1-4-8-24)30-26-15-11-22(12-16-26)19-23-13-17-27(18-14-23)31-29(33)35-21-25-9-5-2-6-10-25/h11-18,24-25H,1-10,19-21H2,(H,30,32)(H,31,33). The summed E-state index contributed by atoms with van der Waals surface area (Å²) in [6.45, 7) is 1.01. The fourth-order valence-corrected chi connectivity index (χ4v) is 5.05.